The molecule has 0 saturated carbocycles. The van der Waals surface area contributed by atoms with Gasteiger partial charge in [-0.2, -0.15) is 5.10 Å². The van der Waals surface area contributed by atoms with Gasteiger partial charge in [-0.25, -0.2) is 9.40 Å². The molecule has 0 bridgehead atoms. The second kappa shape index (κ2) is 12.2. The Morgan fingerprint density at radius 2 is 1.92 bits per heavy atom. The molecular formula is C28H28ClFN4O3S. The van der Waals surface area contributed by atoms with E-state index in [1.807, 2.05) is 35.7 Å². The van der Waals surface area contributed by atoms with Crippen LogP contribution < -0.4 is 0 Å². The second-order valence-electron chi connectivity index (χ2n) is 9.19. The van der Waals surface area contributed by atoms with Gasteiger partial charge in [-0.15, -0.1) is 11.3 Å². The SMILES string of the molecule is O=C(c1cccc(F)c1)N(CCN1CCOCC1)CC(=O)N1N=C(c2cccs2)CC1c1ccccc1Cl. The smallest absolute Gasteiger partial charge is 0.262 e. The van der Waals surface area contributed by atoms with Crippen molar-refractivity contribution in [3.63, 3.8) is 0 Å². The topological polar surface area (TPSA) is 65.5 Å². The zero-order chi connectivity index (χ0) is 26.5. The van der Waals surface area contributed by atoms with E-state index in [0.29, 0.717) is 37.7 Å². The van der Waals surface area contributed by atoms with Crippen molar-refractivity contribution in [3.8, 4) is 0 Å². The first kappa shape index (κ1) is 26.5. The molecule has 5 rings (SSSR count). The third-order valence-corrected chi connectivity index (χ3v) is 7.97. The molecule has 2 aliphatic heterocycles. The largest absolute Gasteiger partial charge is 0.379 e. The van der Waals surface area contributed by atoms with Crippen molar-refractivity contribution in [2.75, 3.05) is 45.9 Å². The Kier molecular flexibility index (Phi) is 8.48. The second-order valence-corrected chi connectivity index (χ2v) is 10.5. The molecule has 2 amide bonds. The molecule has 0 N–H and O–H groups in total. The lowest BCUT2D eigenvalue weighted by atomic mass is 10.0. The molecule has 0 spiro atoms. The van der Waals surface area contributed by atoms with Gasteiger partial charge in [-0.3, -0.25) is 14.5 Å². The van der Waals surface area contributed by atoms with Crippen molar-refractivity contribution >= 4 is 40.5 Å². The van der Waals surface area contributed by atoms with E-state index in [0.717, 1.165) is 29.2 Å². The first-order valence-corrected chi connectivity index (χ1v) is 13.8. The third-order valence-electron chi connectivity index (χ3n) is 6.71. The van der Waals surface area contributed by atoms with Gasteiger partial charge in [-0.05, 0) is 41.3 Å². The van der Waals surface area contributed by atoms with E-state index in [1.165, 1.54) is 28.1 Å². The van der Waals surface area contributed by atoms with Gasteiger partial charge in [0.1, 0.15) is 12.4 Å². The number of carbonyl (C=O) groups is 2. The van der Waals surface area contributed by atoms with Crippen LogP contribution in [0.3, 0.4) is 0 Å². The standard InChI is InChI=1S/C28H28ClFN4O3S/c29-23-8-2-1-7-22(23)25-18-24(26-9-4-16-38-26)31-34(25)27(35)19-33(11-10-32-12-14-37-15-13-32)28(36)20-5-3-6-21(30)17-20/h1-9,16-17,25H,10-15,18-19H2. The zero-order valence-electron chi connectivity index (χ0n) is 20.8. The molecular weight excluding hydrogens is 527 g/mol. The van der Waals surface area contributed by atoms with Crippen molar-refractivity contribution in [3.05, 3.63) is 92.9 Å². The highest BCUT2D eigenvalue weighted by molar-refractivity contribution is 7.12. The van der Waals surface area contributed by atoms with E-state index < -0.39 is 17.8 Å². The van der Waals surface area contributed by atoms with Crippen molar-refractivity contribution in [1.29, 1.82) is 0 Å². The summed E-state index contributed by atoms with van der Waals surface area (Å²) >= 11 is 8.09. The number of morpholine rings is 1. The van der Waals surface area contributed by atoms with Crippen LogP contribution in [-0.2, 0) is 9.53 Å². The summed E-state index contributed by atoms with van der Waals surface area (Å²) in [5.74, 6) is -1.23. The normalized spacial score (nSPS) is 17.9. The molecule has 0 aliphatic carbocycles. The number of rotatable bonds is 8. The molecule has 1 atom stereocenters. The lowest BCUT2D eigenvalue weighted by Gasteiger charge is -2.31. The van der Waals surface area contributed by atoms with E-state index in [9.17, 15) is 14.0 Å². The number of halogens is 2. The monoisotopic (exact) mass is 554 g/mol. The van der Waals surface area contributed by atoms with Gasteiger partial charge in [0.15, 0.2) is 0 Å². The summed E-state index contributed by atoms with van der Waals surface area (Å²) < 4.78 is 19.4. The summed E-state index contributed by atoms with van der Waals surface area (Å²) in [5.41, 5.74) is 1.80. The Morgan fingerprint density at radius 3 is 2.66 bits per heavy atom. The third kappa shape index (κ3) is 6.13. The maximum absolute atomic E-state index is 13.9. The molecule has 1 unspecified atom stereocenters. The molecule has 3 aromatic rings. The molecule has 10 heteroatoms. The van der Waals surface area contributed by atoms with Crippen LogP contribution in [-0.4, -0.2) is 78.3 Å². The molecule has 3 heterocycles. The molecule has 1 aromatic heterocycles. The van der Waals surface area contributed by atoms with Crippen molar-refractivity contribution in [2.45, 2.75) is 12.5 Å². The number of nitrogens with zero attached hydrogens (tertiary/aromatic N) is 4. The predicted octanol–water partition coefficient (Wildman–Crippen LogP) is 4.69. The van der Waals surface area contributed by atoms with Crippen LogP contribution in [0.2, 0.25) is 5.02 Å². The van der Waals surface area contributed by atoms with Gasteiger partial charge in [0.25, 0.3) is 11.8 Å². The molecule has 0 radical (unpaired) electrons. The maximum atomic E-state index is 13.9. The number of amides is 2. The fraction of sp³-hybridized carbons (Fsp3) is 0.321. The summed E-state index contributed by atoms with van der Waals surface area (Å²) in [6, 6.07) is 16.5. The number of hydrogen-bond donors (Lipinski definition) is 0. The van der Waals surface area contributed by atoms with Crippen LogP contribution in [0.4, 0.5) is 4.39 Å². The van der Waals surface area contributed by atoms with Crippen LogP contribution >= 0.6 is 22.9 Å². The number of hydrazone groups is 1. The number of thiophene rings is 1. The predicted molar refractivity (Wildman–Crippen MR) is 146 cm³/mol. The molecule has 2 aromatic carbocycles. The summed E-state index contributed by atoms with van der Waals surface area (Å²) in [5, 5.41) is 8.68. The van der Waals surface area contributed by atoms with Gasteiger partial charge >= 0.3 is 0 Å². The summed E-state index contributed by atoms with van der Waals surface area (Å²) in [6.45, 7) is 3.47. The van der Waals surface area contributed by atoms with Crippen molar-refractivity contribution in [2.24, 2.45) is 5.10 Å². The minimum Gasteiger partial charge on any atom is -0.379 e. The van der Waals surface area contributed by atoms with E-state index in [4.69, 9.17) is 21.4 Å². The summed E-state index contributed by atoms with van der Waals surface area (Å²) in [4.78, 5) is 31.9. The Morgan fingerprint density at radius 1 is 1.11 bits per heavy atom. The number of benzene rings is 2. The Hall–Kier alpha value is -3.11. The molecule has 1 fully saturated rings. The highest BCUT2D eigenvalue weighted by Crippen LogP contribution is 2.37. The van der Waals surface area contributed by atoms with Crippen molar-refractivity contribution < 1.29 is 18.7 Å². The highest BCUT2D eigenvalue weighted by Gasteiger charge is 2.36. The van der Waals surface area contributed by atoms with Gasteiger partial charge in [-0.1, -0.05) is 41.9 Å². The number of carbonyl (C=O) groups excluding carboxylic acids is 2. The van der Waals surface area contributed by atoms with Gasteiger partial charge in [0, 0.05) is 43.2 Å². The minimum absolute atomic E-state index is 0.193. The average Bonchev–Trinajstić information content (AvgIpc) is 3.62. The van der Waals surface area contributed by atoms with Gasteiger partial charge in [0.05, 0.1) is 29.8 Å². The van der Waals surface area contributed by atoms with E-state index in [1.54, 1.807) is 23.5 Å². The zero-order valence-corrected chi connectivity index (χ0v) is 22.3. The molecule has 38 heavy (non-hydrogen) atoms. The fourth-order valence-electron chi connectivity index (χ4n) is 4.70. The van der Waals surface area contributed by atoms with Crippen molar-refractivity contribution in [1.82, 2.24) is 14.8 Å². The molecule has 198 valence electrons. The molecule has 7 nitrogen and oxygen atoms in total. The lowest BCUT2D eigenvalue weighted by molar-refractivity contribution is -0.133. The van der Waals surface area contributed by atoms with Crippen LogP contribution in [0.15, 0.2) is 71.1 Å². The highest BCUT2D eigenvalue weighted by atomic mass is 35.5. The lowest BCUT2D eigenvalue weighted by Crippen LogP contribution is -2.46. The van der Waals surface area contributed by atoms with Crippen LogP contribution in [0.25, 0.3) is 0 Å². The average molecular weight is 555 g/mol. The van der Waals surface area contributed by atoms with E-state index in [2.05, 4.69) is 4.90 Å². The molecule has 2 aliphatic rings. The minimum atomic E-state index is -0.501. The van der Waals surface area contributed by atoms with Crippen LogP contribution in [0, 0.1) is 5.82 Å². The first-order valence-electron chi connectivity index (χ1n) is 12.5. The first-order chi connectivity index (χ1) is 18.5. The Labute approximate surface area is 230 Å². The Bertz CT molecular complexity index is 1310. The van der Waals surface area contributed by atoms with E-state index in [-0.39, 0.29) is 18.0 Å². The quantitative estimate of drug-likeness (QED) is 0.405. The van der Waals surface area contributed by atoms with Crippen LogP contribution in [0.5, 0.6) is 0 Å². The summed E-state index contributed by atoms with van der Waals surface area (Å²) in [6.07, 6.45) is 0.515. The van der Waals surface area contributed by atoms with Crippen LogP contribution in [0.1, 0.15) is 33.3 Å². The van der Waals surface area contributed by atoms with Gasteiger partial charge < -0.3 is 9.64 Å². The summed E-state index contributed by atoms with van der Waals surface area (Å²) in [7, 11) is 0. The number of hydrogen-bond acceptors (Lipinski definition) is 6. The fourth-order valence-corrected chi connectivity index (χ4v) is 5.68. The molecule has 1 saturated heterocycles. The number of ether oxygens (including phenoxy) is 1. The maximum Gasteiger partial charge on any atom is 0.262 e. The Balaban J connectivity index is 1.40. The van der Waals surface area contributed by atoms with Gasteiger partial charge in [0.2, 0.25) is 0 Å². The van der Waals surface area contributed by atoms with E-state index >= 15 is 0 Å².